The number of halogens is 1. The summed E-state index contributed by atoms with van der Waals surface area (Å²) >= 11 is 6.44. The van der Waals surface area contributed by atoms with Gasteiger partial charge in [-0.2, -0.15) is 0 Å². The lowest BCUT2D eigenvalue weighted by atomic mass is 9.70. The minimum Gasteiger partial charge on any atom is -0.444 e. The summed E-state index contributed by atoms with van der Waals surface area (Å²) in [5, 5.41) is 0.687. The Kier molecular flexibility index (Phi) is 4.46. The van der Waals surface area contributed by atoms with Crippen molar-refractivity contribution < 1.29 is 9.53 Å². The van der Waals surface area contributed by atoms with E-state index in [0.29, 0.717) is 18.2 Å². The monoisotopic (exact) mass is 387 g/mol. The average Bonchev–Trinajstić information content (AvgIpc) is 2.94. The molecule has 2 aliphatic rings. The van der Waals surface area contributed by atoms with Gasteiger partial charge >= 0.3 is 6.09 Å². The number of benzene rings is 1. The van der Waals surface area contributed by atoms with E-state index in [1.807, 2.05) is 25.7 Å². The number of aromatic nitrogens is 2. The summed E-state index contributed by atoms with van der Waals surface area (Å²) < 4.78 is 7.71. The van der Waals surface area contributed by atoms with Crippen LogP contribution in [0.1, 0.15) is 50.6 Å². The number of amides is 1. The average molecular weight is 388 g/mol. The maximum absolute atomic E-state index is 12.5. The highest BCUT2D eigenvalue weighted by atomic mass is 35.5. The van der Waals surface area contributed by atoms with Crippen molar-refractivity contribution >= 4 is 17.7 Å². The maximum Gasteiger partial charge on any atom is 0.410 e. The molecule has 0 saturated carbocycles. The van der Waals surface area contributed by atoms with Crippen molar-refractivity contribution in [2.75, 3.05) is 13.1 Å². The van der Waals surface area contributed by atoms with Crippen LogP contribution in [-0.2, 0) is 23.1 Å². The van der Waals surface area contributed by atoms with E-state index in [4.69, 9.17) is 21.3 Å². The number of imidazole rings is 1. The van der Waals surface area contributed by atoms with Crippen LogP contribution in [0.2, 0.25) is 5.15 Å². The number of hydrogen-bond acceptors (Lipinski definition) is 3. The largest absolute Gasteiger partial charge is 0.444 e. The molecule has 0 N–H and O–H groups in total. The van der Waals surface area contributed by atoms with Gasteiger partial charge < -0.3 is 14.2 Å². The normalized spacial score (nSPS) is 18.6. The highest BCUT2D eigenvalue weighted by Crippen LogP contribution is 2.45. The fraction of sp³-hybridized carbons (Fsp3) is 0.524. The van der Waals surface area contributed by atoms with E-state index in [9.17, 15) is 4.79 Å². The van der Waals surface area contributed by atoms with Crippen LogP contribution >= 0.6 is 11.6 Å². The van der Waals surface area contributed by atoms with Crippen LogP contribution in [0, 0.1) is 0 Å². The first-order valence-electron chi connectivity index (χ1n) is 9.58. The minimum absolute atomic E-state index is 0.210. The van der Waals surface area contributed by atoms with Gasteiger partial charge in [0.25, 0.3) is 0 Å². The predicted molar refractivity (Wildman–Crippen MR) is 105 cm³/mol. The summed E-state index contributed by atoms with van der Waals surface area (Å²) in [7, 11) is 0. The molecular weight excluding hydrogens is 362 g/mol. The van der Waals surface area contributed by atoms with Crippen LogP contribution in [0.5, 0.6) is 0 Å². The van der Waals surface area contributed by atoms with Gasteiger partial charge in [0.05, 0.1) is 11.6 Å². The second-order valence-electron chi connectivity index (χ2n) is 8.51. The number of piperidine rings is 1. The molecule has 1 fully saturated rings. The summed E-state index contributed by atoms with van der Waals surface area (Å²) in [6, 6.07) is 8.62. The standard InChI is InChI=1S/C21H26ClN3O2/c1-20(2,3)27-19(26)24-12-9-21(10-13-24)16-7-5-4-6-15(16)8-11-25-17(22)14-23-18(21)25/h4-7,14H,8-13H2,1-3H3. The van der Waals surface area contributed by atoms with Crippen molar-refractivity contribution in [3.05, 3.63) is 52.6 Å². The van der Waals surface area contributed by atoms with Gasteiger partial charge in [-0.1, -0.05) is 35.9 Å². The third kappa shape index (κ3) is 3.22. The third-order valence-corrected chi connectivity index (χ3v) is 5.94. The Morgan fingerprint density at radius 1 is 1.19 bits per heavy atom. The van der Waals surface area contributed by atoms with Gasteiger partial charge in [0.15, 0.2) is 0 Å². The molecule has 1 aromatic carbocycles. The molecule has 0 bridgehead atoms. The van der Waals surface area contributed by atoms with Gasteiger partial charge in [0, 0.05) is 19.6 Å². The molecule has 0 radical (unpaired) electrons. The van der Waals surface area contributed by atoms with Crippen LogP contribution in [0.25, 0.3) is 0 Å². The molecule has 27 heavy (non-hydrogen) atoms. The zero-order valence-corrected chi connectivity index (χ0v) is 16.9. The highest BCUT2D eigenvalue weighted by molar-refractivity contribution is 6.29. The number of hydrogen-bond donors (Lipinski definition) is 0. The van der Waals surface area contributed by atoms with E-state index >= 15 is 0 Å². The summed E-state index contributed by atoms with van der Waals surface area (Å²) in [4.78, 5) is 19.0. The summed E-state index contributed by atoms with van der Waals surface area (Å²) in [6.45, 7) is 7.83. The van der Waals surface area contributed by atoms with E-state index in [2.05, 4.69) is 28.8 Å². The second-order valence-corrected chi connectivity index (χ2v) is 8.90. The molecule has 3 heterocycles. The molecule has 0 atom stereocenters. The van der Waals surface area contributed by atoms with Crippen LogP contribution in [0.4, 0.5) is 4.79 Å². The zero-order valence-electron chi connectivity index (χ0n) is 16.2. The molecule has 144 valence electrons. The van der Waals surface area contributed by atoms with E-state index in [-0.39, 0.29) is 11.5 Å². The Hall–Kier alpha value is -2.01. The number of aryl methyl sites for hydroxylation is 1. The van der Waals surface area contributed by atoms with Crippen molar-refractivity contribution in [3.8, 4) is 0 Å². The Bertz CT molecular complexity index is 861. The smallest absolute Gasteiger partial charge is 0.410 e. The molecule has 1 saturated heterocycles. The first-order valence-corrected chi connectivity index (χ1v) is 9.96. The van der Waals surface area contributed by atoms with Crippen LogP contribution < -0.4 is 0 Å². The van der Waals surface area contributed by atoms with Crippen molar-refractivity contribution in [3.63, 3.8) is 0 Å². The number of nitrogens with zero attached hydrogens (tertiary/aromatic N) is 3. The number of carbonyl (C=O) groups excluding carboxylic acids is 1. The van der Waals surface area contributed by atoms with E-state index in [0.717, 1.165) is 31.6 Å². The van der Waals surface area contributed by atoms with Crippen molar-refractivity contribution in [1.29, 1.82) is 0 Å². The first kappa shape index (κ1) is 18.4. The fourth-order valence-corrected chi connectivity index (χ4v) is 4.61. The fourth-order valence-electron chi connectivity index (χ4n) is 4.40. The lowest BCUT2D eigenvalue weighted by Crippen LogP contribution is -2.48. The zero-order chi connectivity index (χ0) is 19.2. The lowest BCUT2D eigenvalue weighted by Gasteiger charge is -2.42. The molecule has 6 heteroatoms. The van der Waals surface area contributed by atoms with Gasteiger partial charge in [0.2, 0.25) is 0 Å². The number of fused-ring (bicyclic) bond motifs is 4. The predicted octanol–water partition coefficient (Wildman–Crippen LogP) is 4.41. The van der Waals surface area contributed by atoms with Gasteiger partial charge in [-0.15, -0.1) is 0 Å². The van der Waals surface area contributed by atoms with E-state index < -0.39 is 5.60 Å². The number of ether oxygens (including phenoxy) is 1. The molecule has 2 aromatic rings. The molecule has 1 amide bonds. The maximum atomic E-state index is 12.5. The van der Waals surface area contributed by atoms with Crippen molar-refractivity contribution in [1.82, 2.24) is 14.5 Å². The lowest BCUT2D eigenvalue weighted by molar-refractivity contribution is 0.0176. The Labute approximate surface area is 165 Å². The summed E-state index contributed by atoms with van der Waals surface area (Å²) in [5.41, 5.74) is 1.99. The summed E-state index contributed by atoms with van der Waals surface area (Å²) in [5.74, 6) is 1.03. The number of likely N-dealkylation sites (tertiary alicyclic amines) is 1. The second kappa shape index (κ2) is 6.55. The molecule has 1 spiro atoms. The SMILES string of the molecule is CC(C)(C)OC(=O)N1CCC2(CC1)c1ccccc1CCn1c(Cl)cnc12. The molecule has 4 rings (SSSR count). The van der Waals surface area contributed by atoms with E-state index in [1.165, 1.54) is 11.1 Å². The molecule has 0 unspecified atom stereocenters. The molecular formula is C21H26ClN3O2. The van der Waals surface area contributed by atoms with Gasteiger partial charge in [-0.05, 0) is 51.2 Å². The van der Waals surface area contributed by atoms with Gasteiger partial charge in [-0.25, -0.2) is 9.78 Å². The quantitative estimate of drug-likeness (QED) is 0.672. The third-order valence-electron chi connectivity index (χ3n) is 5.64. The van der Waals surface area contributed by atoms with Crippen molar-refractivity contribution in [2.24, 2.45) is 0 Å². The van der Waals surface area contributed by atoms with Gasteiger partial charge in [0.1, 0.15) is 16.6 Å². The Morgan fingerprint density at radius 3 is 2.59 bits per heavy atom. The topological polar surface area (TPSA) is 47.4 Å². The Morgan fingerprint density at radius 2 is 1.89 bits per heavy atom. The van der Waals surface area contributed by atoms with Crippen LogP contribution in [-0.4, -0.2) is 39.2 Å². The van der Waals surface area contributed by atoms with Gasteiger partial charge in [-0.3, -0.25) is 0 Å². The highest BCUT2D eigenvalue weighted by Gasteiger charge is 2.45. The van der Waals surface area contributed by atoms with E-state index in [1.54, 1.807) is 6.20 Å². The number of carbonyl (C=O) groups is 1. The molecule has 1 aromatic heterocycles. The first-order chi connectivity index (χ1) is 12.8. The number of rotatable bonds is 0. The minimum atomic E-state index is -0.481. The van der Waals surface area contributed by atoms with Crippen LogP contribution in [0.3, 0.4) is 0 Å². The summed E-state index contributed by atoms with van der Waals surface area (Å²) in [6.07, 6.45) is 4.09. The Balaban J connectivity index is 1.68. The molecule has 2 aliphatic heterocycles. The molecule has 0 aliphatic carbocycles. The van der Waals surface area contributed by atoms with Crippen molar-refractivity contribution in [2.45, 2.75) is 57.6 Å². The van der Waals surface area contributed by atoms with Crippen LogP contribution in [0.15, 0.2) is 30.5 Å². The molecule has 5 nitrogen and oxygen atoms in total.